The van der Waals surface area contributed by atoms with E-state index in [1.807, 2.05) is 13.8 Å². The second kappa shape index (κ2) is 13.9. The number of carbonyl (C=O) groups is 1. The van der Waals surface area contributed by atoms with E-state index in [-0.39, 0.29) is 17.7 Å². The number of rotatable bonds is 10. The zero-order valence-corrected chi connectivity index (χ0v) is 27.0. The fourth-order valence-corrected chi connectivity index (χ4v) is 6.29. The molecular formula is C32H27Cl3N2O6S. The SMILES string of the molecule is CCOc1ccc([C@H]2C(C(=O)OC)=CN=c3s/c(=C/c4cc(Cl)ccc4OCc4ccc(Cl)cc4Cl)c(=O)n32)cc1OCC. The number of fused-ring (bicyclic) bond motifs is 1. The van der Waals surface area contributed by atoms with Crippen LogP contribution in [0, 0.1) is 0 Å². The van der Waals surface area contributed by atoms with Gasteiger partial charge in [0.1, 0.15) is 12.4 Å². The molecule has 0 unspecified atom stereocenters. The number of ether oxygens (including phenoxy) is 4. The van der Waals surface area contributed by atoms with Crippen LogP contribution in [0.5, 0.6) is 17.2 Å². The van der Waals surface area contributed by atoms with Gasteiger partial charge in [-0.25, -0.2) is 9.79 Å². The maximum Gasteiger partial charge on any atom is 0.337 e. The Morgan fingerprint density at radius 3 is 2.36 bits per heavy atom. The summed E-state index contributed by atoms with van der Waals surface area (Å²) >= 11 is 19.9. The molecular weight excluding hydrogens is 647 g/mol. The number of benzene rings is 3. The lowest BCUT2D eigenvalue weighted by atomic mass is 9.97. The lowest BCUT2D eigenvalue weighted by Crippen LogP contribution is -2.39. The van der Waals surface area contributed by atoms with E-state index in [1.165, 1.54) is 29.2 Å². The second-order valence-electron chi connectivity index (χ2n) is 9.45. The van der Waals surface area contributed by atoms with Crippen molar-refractivity contribution in [1.82, 2.24) is 4.57 Å². The molecule has 8 nitrogen and oxygen atoms in total. The molecule has 0 N–H and O–H groups in total. The Kier molecular flexibility index (Phi) is 10.0. The second-order valence-corrected chi connectivity index (χ2v) is 11.7. The first-order valence-electron chi connectivity index (χ1n) is 13.6. The van der Waals surface area contributed by atoms with Gasteiger partial charge < -0.3 is 18.9 Å². The van der Waals surface area contributed by atoms with Crippen LogP contribution in [0.25, 0.3) is 6.08 Å². The lowest BCUT2D eigenvalue weighted by molar-refractivity contribution is -0.136. The summed E-state index contributed by atoms with van der Waals surface area (Å²) in [5.41, 5.74) is 1.80. The summed E-state index contributed by atoms with van der Waals surface area (Å²) in [6.45, 7) is 4.76. The summed E-state index contributed by atoms with van der Waals surface area (Å²) in [6.07, 6.45) is 3.13. The topological polar surface area (TPSA) is 88.4 Å². The van der Waals surface area contributed by atoms with Gasteiger partial charge in [-0.3, -0.25) is 9.36 Å². The molecule has 0 fully saturated rings. The van der Waals surface area contributed by atoms with E-state index in [0.717, 1.165) is 5.56 Å². The Bertz CT molecular complexity index is 1940. The molecule has 5 rings (SSSR count). The summed E-state index contributed by atoms with van der Waals surface area (Å²) in [6, 6.07) is 14.8. The summed E-state index contributed by atoms with van der Waals surface area (Å²) in [5.74, 6) is 0.941. The van der Waals surface area contributed by atoms with Crippen molar-refractivity contribution in [2.75, 3.05) is 20.3 Å². The minimum atomic E-state index is -0.821. The number of hydrogen-bond donors (Lipinski definition) is 0. The van der Waals surface area contributed by atoms with Crippen LogP contribution in [0.15, 0.2) is 76.2 Å². The number of hydrogen-bond acceptors (Lipinski definition) is 8. The minimum absolute atomic E-state index is 0.169. The van der Waals surface area contributed by atoms with Gasteiger partial charge >= 0.3 is 5.97 Å². The summed E-state index contributed by atoms with van der Waals surface area (Å²) in [4.78, 5) is 31.8. The van der Waals surface area contributed by atoms with E-state index in [2.05, 4.69) is 4.99 Å². The zero-order chi connectivity index (χ0) is 31.4. The highest BCUT2D eigenvalue weighted by atomic mass is 35.5. The number of esters is 1. The normalized spacial score (nSPS) is 14.4. The smallest absolute Gasteiger partial charge is 0.337 e. The molecule has 0 bridgehead atoms. The molecule has 0 spiro atoms. The van der Waals surface area contributed by atoms with Gasteiger partial charge in [-0.15, -0.1) is 0 Å². The van der Waals surface area contributed by atoms with Crippen molar-refractivity contribution < 1.29 is 23.7 Å². The van der Waals surface area contributed by atoms with Crippen LogP contribution in [-0.4, -0.2) is 30.9 Å². The molecule has 1 aliphatic rings. The van der Waals surface area contributed by atoms with Gasteiger partial charge in [-0.1, -0.05) is 58.3 Å². The number of nitrogens with zero attached hydrogens (tertiary/aromatic N) is 2. The van der Waals surface area contributed by atoms with Crippen molar-refractivity contribution in [2.24, 2.45) is 4.99 Å². The van der Waals surface area contributed by atoms with Crippen molar-refractivity contribution in [3.63, 3.8) is 0 Å². The quantitative estimate of drug-likeness (QED) is 0.182. The van der Waals surface area contributed by atoms with Crippen LogP contribution in [0.2, 0.25) is 15.1 Å². The Hall–Kier alpha value is -3.76. The highest BCUT2D eigenvalue weighted by molar-refractivity contribution is 7.07. The average molecular weight is 674 g/mol. The number of carbonyl (C=O) groups excluding carboxylic acids is 1. The van der Waals surface area contributed by atoms with Crippen molar-refractivity contribution in [3.05, 3.63) is 118 Å². The van der Waals surface area contributed by atoms with Gasteiger partial charge in [0.05, 0.1) is 36.5 Å². The first kappa shape index (κ1) is 31.7. The van der Waals surface area contributed by atoms with Crippen LogP contribution in [-0.2, 0) is 16.1 Å². The molecule has 2 heterocycles. The Labute approximate surface area is 272 Å². The third-order valence-corrected chi connectivity index (χ3v) is 8.48. The van der Waals surface area contributed by atoms with E-state index in [9.17, 15) is 9.59 Å². The van der Waals surface area contributed by atoms with Crippen molar-refractivity contribution in [1.29, 1.82) is 0 Å². The van der Waals surface area contributed by atoms with Crippen LogP contribution >= 0.6 is 46.1 Å². The van der Waals surface area contributed by atoms with Crippen molar-refractivity contribution in [3.8, 4) is 17.2 Å². The molecule has 0 saturated heterocycles. The molecule has 3 aromatic carbocycles. The van der Waals surface area contributed by atoms with Crippen LogP contribution in [0.3, 0.4) is 0 Å². The molecule has 0 aliphatic carbocycles. The van der Waals surface area contributed by atoms with Crippen LogP contribution < -0.4 is 29.1 Å². The standard InChI is InChI=1S/C32H27Cl3N2O6S/c1-4-41-26-10-7-18(13-27(26)42-5-2)29-23(31(39)40-3)16-36-32-37(29)30(38)28(44-32)14-20-12-21(33)9-11-25(20)43-17-19-6-8-22(34)15-24(19)35/h6-16,29H,4-5,17H2,1-3H3/b28-14+/t29-/m0/s1. The van der Waals surface area contributed by atoms with Crippen LogP contribution in [0.4, 0.5) is 0 Å². The molecule has 44 heavy (non-hydrogen) atoms. The summed E-state index contributed by atoms with van der Waals surface area (Å²) < 4.78 is 24.5. The Morgan fingerprint density at radius 1 is 0.932 bits per heavy atom. The largest absolute Gasteiger partial charge is 0.490 e. The molecule has 4 aromatic rings. The maximum atomic E-state index is 14.0. The molecule has 0 radical (unpaired) electrons. The third-order valence-electron chi connectivity index (χ3n) is 6.66. The molecule has 0 amide bonds. The molecule has 228 valence electrons. The average Bonchev–Trinajstić information content (AvgIpc) is 3.32. The van der Waals surface area contributed by atoms with Gasteiger partial charge in [0.25, 0.3) is 5.56 Å². The number of aromatic nitrogens is 1. The molecule has 1 aliphatic heterocycles. The van der Waals surface area contributed by atoms with E-state index in [4.69, 9.17) is 53.8 Å². The molecule has 12 heteroatoms. The summed E-state index contributed by atoms with van der Waals surface area (Å²) in [7, 11) is 1.28. The van der Waals surface area contributed by atoms with Crippen molar-refractivity contribution in [2.45, 2.75) is 26.5 Å². The first-order chi connectivity index (χ1) is 21.2. The number of methoxy groups -OCH3 is 1. The van der Waals surface area contributed by atoms with E-state index < -0.39 is 12.0 Å². The monoisotopic (exact) mass is 672 g/mol. The third kappa shape index (κ3) is 6.66. The number of thiazole rings is 1. The van der Waals surface area contributed by atoms with Gasteiger partial charge in [0.2, 0.25) is 0 Å². The fraction of sp³-hybridized carbons (Fsp3) is 0.219. The van der Waals surface area contributed by atoms with E-state index in [0.29, 0.717) is 66.0 Å². The first-order valence-corrected chi connectivity index (χ1v) is 15.5. The Morgan fingerprint density at radius 2 is 1.64 bits per heavy atom. The Balaban J connectivity index is 1.60. The molecule has 1 atom stereocenters. The fourth-order valence-electron chi connectivity index (χ4n) is 4.69. The van der Waals surface area contributed by atoms with Crippen LogP contribution in [0.1, 0.15) is 36.6 Å². The lowest BCUT2D eigenvalue weighted by Gasteiger charge is -2.23. The number of halogens is 3. The van der Waals surface area contributed by atoms with E-state index >= 15 is 0 Å². The molecule has 1 aromatic heterocycles. The van der Waals surface area contributed by atoms with Gasteiger partial charge in [-0.2, -0.15) is 0 Å². The summed E-state index contributed by atoms with van der Waals surface area (Å²) in [5, 5.41) is 1.46. The highest BCUT2D eigenvalue weighted by Gasteiger charge is 2.31. The van der Waals surface area contributed by atoms with Gasteiger partial charge in [-0.05, 0) is 68.0 Å². The maximum absolute atomic E-state index is 14.0. The van der Waals surface area contributed by atoms with Crippen molar-refractivity contribution >= 4 is 58.2 Å². The predicted molar refractivity (Wildman–Crippen MR) is 172 cm³/mol. The van der Waals surface area contributed by atoms with Gasteiger partial charge in [0.15, 0.2) is 16.3 Å². The van der Waals surface area contributed by atoms with Gasteiger partial charge in [0, 0.05) is 32.4 Å². The minimum Gasteiger partial charge on any atom is -0.490 e. The molecule has 0 saturated carbocycles. The zero-order valence-electron chi connectivity index (χ0n) is 23.9. The predicted octanol–water partition coefficient (Wildman–Crippen LogP) is 6.35. The van der Waals surface area contributed by atoms with E-state index in [1.54, 1.807) is 60.7 Å². The highest BCUT2D eigenvalue weighted by Crippen LogP contribution is 2.35.